The zero-order chi connectivity index (χ0) is 23.4. The number of carbonyl (C=O) groups is 2. The van der Waals surface area contributed by atoms with Gasteiger partial charge in [-0.3, -0.25) is 19.4 Å². The molecule has 33 heavy (non-hydrogen) atoms. The SMILES string of the molecule is Cc1ccc(CNC(=O)c2ccc3n(c2=O)CCN(CC2(S(=O)(=O)C4CC4)CC2)C3=O)cn1. The minimum absolute atomic E-state index is 0.0324. The number of hydrogen-bond donors (Lipinski definition) is 1. The van der Waals surface area contributed by atoms with Gasteiger partial charge < -0.3 is 14.8 Å². The van der Waals surface area contributed by atoms with Crippen molar-refractivity contribution in [1.29, 1.82) is 0 Å². The van der Waals surface area contributed by atoms with Crippen LogP contribution in [0.15, 0.2) is 35.3 Å². The molecule has 174 valence electrons. The molecule has 2 amide bonds. The molecule has 2 aromatic rings. The Morgan fingerprint density at radius 3 is 2.55 bits per heavy atom. The summed E-state index contributed by atoms with van der Waals surface area (Å²) in [6, 6.07) is 6.54. The minimum Gasteiger partial charge on any atom is -0.348 e. The van der Waals surface area contributed by atoms with E-state index in [0.717, 1.165) is 11.3 Å². The molecule has 0 saturated heterocycles. The average molecular weight is 471 g/mol. The smallest absolute Gasteiger partial charge is 0.270 e. The first-order valence-corrected chi connectivity index (χ1v) is 12.7. The van der Waals surface area contributed by atoms with Crippen molar-refractivity contribution in [3.63, 3.8) is 0 Å². The van der Waals surface area contributed by atoms with Crippen LogP contribution in [-0.4, -0.2) is 57.8 Å². The second-order valence-electron chi connectivity index (χ2n) is 9.23. The normalized spacial score (nSPS) is 19.2. The van der Waals surface area contributed by atoms with Crippen LogP contribution in [0.3, 0.4) is 0 Å². The summed E-state index contributed by atoms with van der Waals surface area (Å²) in [5.41, 5.74) is 1.31. The van der Waals surface area contributed by atoms with E-state index in [2.05, 4.69) is 10.3 Å². The van der Waals surface area contributed by atoms with E-state index in [9.17, 15) is 22.8 Å². The molecule has 0 bridgehead atoms. The summed E-state index contributed by atoms with van der Waals surface area (Å²) in [6.07, 6.45) is 4.25. The number of pyridine rings is 2. The second-order valence-corrected chi connectivity index (χ2v) is 11.9. The first-order chi connectivity index (χ1) is 15.7. The Labute approximate surface area is 191 Å². The third kappa shape index (κ3) is 3.86. The molecule has 9 nitrogen and oxygen atoms in total. The number of sulfone groups is 1. The highest BCUT2D eigenvalue weighted by Crippen LogP contribution is 2.50. The van der Waals surface area contributed by atoms with Gasteiger partial charge in [-0.05, 0) is 56.4 Å². The van der Waals surface area contributed by atoms with E-state index >= 15 is 0 Å². The summed E-state index contributed by atoms with van der Waals surface area (Å²) in [7, 11) is -3.23. The van der Waals surface area contributed by atoms with E-state index in [1.54, 1.807) is 11.1 Å². The molecule has 0 radical (unpaired) electrons. The first kappa shape index (κ1) is 21.8. The van der Waals surface area contributed by atoms with Gasteiger partial charge in [0.15, 0.2) is 9.84 Å². The van der Waals surface area contributed by atoms with Crippen LogP contribution < -0.4 is 10.9 Å². The lowest BCUT2D eigenvalue weighted by Crippen LogP contribution is -2.50. The van der Waals surface area contributed by atoms with Gasteiger partial charge in [0, 0.05) is 38.1 Å². The van der Waals surface area contributed by atoms with Gasteiger partial charge in [0.25, 0.3) is 17.4 Å². The van der Waals surface area contributed by atoms with E-state index in [1.807, 2.05) is 19.1 Å². The second kappa shape index (κ2) is 7.79. The number of rotatable bonds is 7. The summed E-state index contributed by atoms with van der Waals surface area (Å²) in [6.45, 7) is 2.74. The molecule has 1 aliphatic heterocycles. The van der Waals surface area contributed by atoms with Crippen molar-refractivity contribution >= 4 is 21.7 Å². The molecule has 2 aromatic heterocycles. The lowest BCUT2D eigenvalue weighted by atomic mass is 10.1. The van der Waals surface area contributed by atoms with Gasteiger partial charge in [-0.1, -0.05) is 6.07 Å². The van der Waals surface area contributed by atoms with E-state index in [4.69, 9.17) is 0 Å². The van der Waals surface area contributed by atoms with Crippen molar-refractivity contribution in [1.82, 2.24) is 19.8 Å². The fourth-order valence-electron chi connectivity index (χ4n) is 4.43. The molecule has 2 aliphatic carbocycles. The van der Waals surface area contributed by atoms with Gasteiger partial charge in [0.05, 0.1) is 10.00 Å². The Bertz CT molecular complexity index is 1290. The molecule has 2 fully saturated rings. The number of aryl methyl sites for hydroxylation is 1. The number of fused-ring (bicyclic) bond motifs is 1. The van der Waals surface area contributed by atoms with Gasteiger partial charge in [0.1, 0.15) is 11.3 Å². The highest BCUT2D eigenvalue weighted by molar-refractivity contribution is 7.94. The van der Waals surface area contributed by atoms with Gasteiger partial charge in [-0.25, -0.2) is 8.42 Å². The summed E-state index contributed by atoms with van der Waals surface area (Å²) in [4.78, 5) is 44.3. The van der Waals surface area contributed by atoms with Crippen molar-refractivity contribution in [3.8, 4) is 0 Å². The summed E-state index contributed by atoms with van der Waals surface area (Å²) in [5, 5.41) is 2.46. The Morgan fingerprint density at radius 2 is 1.91 bits per heavy atom. The van der Waals surface area contributed by atoms with Crippen LogP contribution in [0, 0.1) is 6.92 Å². The zero-order valence-corrected chi connectivity index (χ0v) is 19.2. The van der Waals surface area contributed by atoms with Crippen LogP contribution in [-0.2, 0) is 22.9 Å². The molecule has 3 heterocycles. The van der Waals surface area contributed by atoms with Gasteiger partial charge in [-0.2, -0.15) is 0 Å². The Kier molecular flexibility index (Phi) is 5.15. The Balaban J connectivity index is 1.31. The summed E-state index contributed by atoms with van der Waals surface area (Å²) >= 11 is 0. The predicted molar refractivity (Wildman–Crippen MR) is 121 cm³/mol. The molecule has 0 spiro atoms. The molecule has 3 aliphatic rings. The van der Waals surface area contributed by atoms with Gasteiger partial charge in [-0.15, -0.1) is 0 Å². The van der Waals surface area contributed by atoms with Crippen LogP contribution in [0.2, 0.25) is 0 Å². The lowest BCUT2D eigenvalue weighted by Gasteiger charge is -2.32. The molecule has 0 atom stereocenters. The third-order valence-electron chi connectivity index (χ3n) is 6.80. The van der Waals surface area contributed by atoms with Crippen molar-refractivity contribution in [2.45, 2.75) is 55.7 Å². The van der Waals surface area contributed by atoms with Crippen molar-refractivity contribution in [2.75, 3.05) is 13.1 Å². The van der Waals surface area contributed by atoms with Crippen LogP contribution in [0.25, 0.3) is 0 Å². The van der Waals surface area contributed by atoms with E-state index in [0.29, 0.717) is 25.7 Å². The number of nitrogens with zero attached hydrogens (tertiary/aromatic N) is 3. The van der Waals surface area contributed by atoms with Crippen molar-refractivity contribution < 1.29 is 18.0 Å². The quantitative estimate of drug-likeness (QED) is 0.646. The van der Waals surface area contributed by atoms with Crippen LogP contribution >= 0.6 is 0 Å². The summed E-state index contributed by atoms with van der Waals surface area (Å²) < 4.78 is 26.1. The van der Waals surface area contributed by atoms with Gasteiger partial charge >= 0.3 is 0 Å². The number of nitrogens with one attached hydrogen (secondary N) is 1. The minimum atomic E-state index is -3.23. The largest absolute Gasteiger partial charge is 0.348 e. The molecule has 2 saturated carbocycles. The van der Waals surface area contributed by atoms with Crippen LogP contribution in [0.1, 0.15) is 57.8 Å². The molecule has 10 heteroatoms. The fraction of sp³-hybridized carbons (Fsp3) is 0.478. The number of amides is 2. The van der Waals surface area contributed by atoms with Crippen molar-refractivity contribution in [2.24, 2.45) is 0 Å². The summed E-state index contributed by atoms with van der Waals surface area (Å²) in [5.74, 6) is -0.883. The number of carbonyl (C=O) groups excluding carboxylic acids is 2. The highest BCUT2D eigenvalue weighted by Gasteiger charge is 2.60. The maximum Gasteiger partial charge on any atom is 0.270 e. The zero-order valence-electron chi connectivity index (χ0n) is 18.4. The van der Waals surface area contributed by atoms with Crippen LogP contribution in [0.5, 0.6) is 0 Å². The lowest BCUT2D eigenvalue weighted by molar-refractivity contribution is 0.0695. The van der Waals surface area contributed by atoms with Crippen molar-refractivity contribution in [3.05, 3.63) is 63.3 Å². The molecule has 5 rings (SSSR count). The predicted octanol–water partition coefficient (Wildman–Crippen LogP) is 1.05. The highest BCUT2D eigenvalue weighted by atomic mass is 32.2. The number of aromatic nitrogens is 2. The molecule has 0 aromatic carbocycles. The molecule has 1 N–H and O–H groups in total. The molecular weight excluding hydrogens is 444 g/mol. The maximum absolute atomic E-state index is 13.1. The van der Waals surface area contributed by atoms with E-state index in [1.165, 1.54) is 16.7 Å². The number of hydrogen-bond acceptors (Lipinski definition) is 6. The molecule has 0 unspecified atom stereocenters. The average Bonchev–Trinajstić information content (AvgIpc) is 3.69. The molecular formula is C23H26N4O5S. The Hall–Kier alpha value is -3.01. The first-order valence-electron chi connectivity index (χ1n) is 11.2. The van der Waals surface area contributed by atoms with Gasteiger partial charge in [0.2, 0.25) is 0 Å². The fourth-order valence-corrected chi connectivity index (χ4v) is 6.90. The van der Waals surface area contributed by atoms with E-state index < -0.39 is 26.1 Å². The Morgan fingerprint density at radius 1 is 1.15 bits per heavy atom. The van der Waals surface area contributed by atoms with Crippen LogP contribution in [0.4, 0.5) is 0 Å². The monoisotopic (exact) mass is 470 g/mol. The third-order valence-corrected chi connectivity index (χ3v) is 9.89. The standard InChI is InChI=1S/C23H26N4O5S/c1-15-2-3-16(12-24-15)13-25-20(28)18-6-7-19-22(30)26(10-11-27(19)21(18)29)14-23(8-9-23)33(31,32)17-4-5-17/h2-3,6-7,12,17H,4-5,8-11,13-14H2,1H3,(H,25,28). The van der Waals surface area contributed by atoms with E-state index in [-0.39, 0.29) is 48.6 Å². The maximum atomic E-state index is 13.1. The topological polar surface area (TPSA) is 118 Å².